The van der Waals surface area contributed by atoms with Crippen LogP contribution in [0.1, 0.15) is 48.8 Å². The van der Waals surface area contributed by atoms with Crippen molar-refractivity contribution >= 4 is 5.91 Å². The lowest BCUT2D eigenvalue weighted by Crippen LogP contribution is -2.14. The monoisotopic (exact) mass is 346 g/mol. The third-order valence-electron chi connectivity index (χ3n) is 5.15. The van der Waals surface area contributed by atoms with Gasteiger partial charge in [-0.25, -0.2) is 0 Å². The quantitative estimate of drug-likeness (QED) is 0.621. The van der Waals surface area contributed by atoms with E-state index in [4.69, 9.17) is 5.73 Å². The zero-order valence-electron chi connectivity index (χ0n) is 15.7. The summed E-state index contributed by atoms with van der Waals surface area (Å²) >= 11 is 0. The number of rotatable bonds is 6. The van der Waals surface area contributed by atoms with Crippen molar-refractivity contribution < 1.29 is 4.79 Å². The number of carbonyl (C=O) groups excluding carboxylic acids is 1. The van der Waals surface area contributed by atoms with Gasteiger partial charge in [0.15, 0.2) is 0 Å². The number of hydrogen-bond donors (Lipinski definition) is 1. The lowest BCUT2D eigenvalue weighted by atomic mass is 10.0. The highest BCUT2D eigenvalue weighted by Gasteiger charge is 2.20. The fourth-order valence-electron chi connectivity index (χ4n) is 3.68. The molecular weight excluding hydrogens is 320 g/mol. The van der Waals surface area contributed by atoms with E-state index in [-0.39, 0.29) is 5.91 Å². The third-order valence-corrected chi connectivity index (χ3v) is 5.15. The fourth-order valence-corrected chi connectivity index (χ4v) is 3.68. The highest BCUT2D eigenvalue weighted by Crippen LogP contribution is 2.33. The summed E-state index contributed by atoms with van der Waals surface area (Å²) in [7, 11) is 0. The van der Waals surface area contributed by atoms with Gasteiger partial charge >= 0.3 is 0 Å². The lowest BCUT2D eigenvalue weighted by Gasteiger charge is -2.21. The molecule has 134 valence electrons. The van der Waals surface area contributed by atoms with Crippen molar-refractivity contribution in [1.29, 1.82) is 0 Å². The van der Waals surface area contributed by atoms with E-state index in [1.165, 1.54) is 11.1 Å². The van der Waals surface area contributed by atoms with Gasteiger partial charge in [0.05, 0.1) is 5.56 Å². The van der Waals surface area contributed by atoms with E-state index in [2.05, 4.69) is 54.8 Å². The molecule has 0 aliphatic carbocycles. The maximum Gasteiger partial charge on any atom is 0.250 e. The zero-order valence-corrected chi connectivity index (χ0v) is 15.7. The number of aromatic nitrogens is 1. The van der Waals surface area contributed by atoms with E-state index in [0.29, 0.717) is 11.6 Å². The molecule has 0 aliphatic heterocycles. The molecular formula is C23H26N2O. The van der Waals surface area contributed by atoms with E-state index < -0.39 is 0 Å². The third kappa shape index (κ3) is 3.30. The van der Waals surface area contributed by atoms with Crippen molar-refractivity contribution in [2.24, 2.45) is 5.73 Å². The Morgan fingerprint density at radius 2 is 1.46 bits per heavy atom. The van der Waals surface area contributed by atoms with Crippen LogP contribution >= 0.6 is 0 Å². The van der Waals surface area contributed by atoms with E-state index in [1.807, 2.05) is 31.2 Å². The van der Waals surface area contributed by atoms with Gasteiger partial charge in [-0.2, -0.15) is 0 Å². The molecule has 3 aromatic rings. The van der Waals surface area contributed by atoms with Gasteiger partial charge in [-0.3, -0.25) is 4.79 Å². The normalized spacial score (nSPS) is 11.1. The number of carbonyl (C=O) groups is 1. The first-order valence-electron chi connectivity index (χ1n) is 9.24. The van der Waals surface area contributed by atoms with Crippen LogP contribution in [-0.4, -0.2) is 10.5 Å². The number of hydrogen-bond acceptors (Lipinski definition) is 1. The summed E-state index contributed by atoms with van der Waals surface area (Å²) in [5, 5.41) is 0. The first-order valence-corrected chi connectivity index (χ1v) is 9.24. The van der Waals surface area contributed by atoms with Gasteiger partial charge in [-0.15, -0.1) is 0 Å². The molecule has 2 N–H and O–H groups in total. The Kier molecular flexibility index (Phi) is 5.27. The number of primary amides is 1. The molecule has 1 heterocycles. The van der Waals surface area contributed by atoms with Crippen molar-refractivity contribution in [2.75, 3.05) is 0 Å². The summed E-state index contributed by atoms with van der Waals surface area (Å²) in [6.45, 7) is 6.35. The Morgan fingerprint density at radius 1 is 0.923 bits per heavy atom. The smallest absolute Gasteiger partial charge is 0.250 e. The molecule has 3 heteroatoms. The van der Waals surface area contributed by atoms with Crippen LogP contribution in [0.15, 0.2) is 60.7 Å². The molecule has 0 atom stereocenters. The van der Waals surface area contributed by atoms with Crippen LogP contribution < -0.4 is 5.73 Å². The van der Waals surface area contributed by atoms with Gasteiger partial charge in [0.2, 0.25) is 0 Å². The molecule has 0 aliphatic rings. The molecule has 3 nitrogen and oxygen atoms in total. The minimum Gasteiger partial charge on any atom is -0.366 e. The van der Waals surface area contributed by atoms with Crippen LogP contribution in [0.25, 0.3) is 22.4 Å². The van der Waals surface area contributed by atoms with E-state index >= 15 is 0 Å². The Labute approximate surface area is 155 Å². The maximum atomic E-state index is 11.9. The molecule has 1 amide bonds. The summed E-state index contributed by atoms with van der Waals surface area (Å²) in [4.78, 5) is 11.9. The van der Waals surface area contributed by atoms with Crippen LogP contribution in [0.3, 0.4) is 0 Å². The van der Waals surface area contributed by atoms with E-state index in [0.717, 1.165) is 29.8 Å². The van der Waals surface area contributed by atoms with Crippen LogP contribution in [0.2, 0.25) is 0 Å². The van der Waals surface area contributed by atoms with E-state index in [1.54, 1.807) is 0 Å². The molecule has 0 unspecified atom stereocenters. The summed E-state index contributed by atoms with van der Waals surface area (Å²) in [5.74, 6) is -0.366. The van der Waals surface area contributed by atoms with Gasteiger partial charge in [0.1, 0.15) is 0 Å². The number of nitrogens with two attached hydrogens (primary N) is 1. The molecule has 0 saturated carbocycles. The first-order chi connectivity index (χ1) is 12.6. The molecule has 0 spiro atoms. The first kappa shape index (κ1) is 18.0. The van der Waals surface area contributed by atoms with Gasteiger partial charge < -0.3 is 10.3 Å². The van der Waals surface area contributed by atoms with Crippen molar-refractivity contribution in [2.45, 2.75) is 39.7 Å². The second-order valence-corrected chi connectivity index (χ2v) is 6.68. The molecule has 2 aromatic carbocycles. The lowest BCUT2D eigenvalue weighted by molar-refractivity contribution is 0.0999. The topological polar surface area (TPSA) is 48.0 Å². The van der Waals surface area contributed by atoms with Gasteiger partial charge in [-0.05, 0) is 42.5 Å². The molecule has 26 heavy (non-hydrogen) atoms. The maximum absolute atomic E-state index is 11.9. The molecule has 0 radical (unpaired) electrons. The number of benzene rings is 2. The van der Waals surface area contributed by atoms with Crippen molar-refractivity contribution in [3.05, 3.63) is 71.9 Å². The predicted octanol–water partition coefficient (Wildman–Crippen LogP) is 5.59. The average molecular weight is 346 g/mol. The summed E-state index contributed by atoms with van der Waals surface area (Å²) < 4.78 is 2.28. The Hall–Kier alpha value is -2.81. The Bertz CT molecular complexity index is 888. The van der Waals surface area contributed by atoms with Crippen LogP contribution in [0.4, 0.5) is 0 Å². The standard InChI is InChI=1S/C23H26N2O/c1-4-20(5-2)25-16(3)21(23(24)26)15-22(25)19-13-11-18(12-14-19)17-9-7-6-8-10-17/h6-15,20H,4-5H2,1-3H3,(H2,24,26). The minimum atomic E-state index is -0.366. The molecule has 3 rings (SSSR count). The van der Waals surface area contributed by atoms with Gasteiger partial charge in [-0.1, -0.05) is 68.4 Å². The molecule has 0 fully saturated rings. The summed E-state index contributed by atoms with van der Waals surface area (Å²) in [6, 6.07) is 21.1. The van der Waals surface area contributed by atoms with Crippen molar-refractivity contribution in [3.63, 3.8) is 0 Å². The minimum absolute atomic E-state index is 0.354. The molecule has 0 saturated heterocycles. The fraction of sp³-hybridized carbons (Fsp3) is 0.261. The highest BCUT2D eigenvalue weighted by atomic mass is 16.1. The second kappa shape index (κ2) is 7.61. The van der Waals surface area contributed by atoms with Crippen molar-refractivity contribution in [1.82, 2.24) is 4.57 Å². The van der Waals surface area contributed by atoms with Crippen LogP contribution in [0, 0.1) is 6.92 Å². The largest absolute Gasteiger partial charge is 0.366 e. The Morgan fingerprint density at radius 3 is 2.00 bits per heavy atom. The van der Waals surface area contributed by atoms with Crippen LogP contribution in [0.5, 0.6) is 0 Å². The Balaban J connectivity index is 2.08. The van der Waals surface area contributed by atoms with Crippen molar-refractivity contribution in [3.8, 4) is 22.4 Å². The SMILES string of the molecule is CCC(CC)n1c(-c2ccc(-c3ccccc3)cc2)cc(C(N)=O)c1C. The average Bonchev–Trinajstić information content (AvgIpc) is 3.01. The summed E-state index contributed by atoms with van der Waals surface area (Å²) in [5.41, 5.74) is 11.7. The molecule has 1 aromatic heterocycles. The number of nitrogens with zero attached hydrogens (tertiary/aromatic N) is 1. The van der Waals surface area contributed by atoms with E-state index in [9.17, 15) is 4.79 Å². The van der Waals surface area contributed by atoms with Gasteiger partial charge in [0.25, 0.3) is 5.91 Å². The second-order valence-electron chi connectivity index (χ2n) is 6.68. The van der Waals surface area contributed by atoms with Gasteiger partial charge in [0, 0.05) is 17.4 Å². The van der Waals surface area contributed by atoms with Crippen LogP contribution in [-0.2, 0) is 0 Å². The summed E-state index contributed by atoms with van der Waals surface area (Å²) in [6.07, 6.45) is 2.03. The number of amides is 1. The zero-order chi connectivity index (χ0) is 18.7. The molecule has 0 bridgehead atoms. The predicted molar refractivity (Wildman–Crippen MR) is 108 cm³/mol. The highest BCUT2D eigenvalue weighted by molar-refractivity contribution is 5.95.